The van der Waals surface area contributed by atoms with Crippen molar-refractivity contribution in [3.8, 4) is 11.5 Å². The molecule has 0 aliphatic heterocycles. The van der Waals surface area contributed by atoms with E-state index >= 15 is 0 Å². The molecule has 0 saturated carbocycles. The van der Waals surface area contributed by atoms with Crippen molar-refractivity contribution in [1.29, 1.82) is 0 Å². The molecule has 2 aromatic rings. The van der Waals surface area contributed by atoms with Crippen LogP contribution in [0.5, 0.6) is 11.5 Å². The molecule has 0 unspecified atom stereocenters. The van der Waals surface area contributed by atoms with Crippen LogP contribution in [0.25, 0.3) is 0 Å². The zero-order valence-electron chi connectivity index (χ0n) is 13.3. The molecule has 0 saturated heterocycles. The Morgan fingerprint density at radius 1 is 1.08 bits per heavy atom. The van der Waals surface area contributed by atoms with E-state index in [0.717, 1.165) is 11.1 Å². The van der Waals surface area contributed by atoms with Crippen LogP contribution >= 0.6 is 12.4 Å². The van der Waals surface area contributed by atoms with Crippen molar-refractivity contribution in [2.45, 2.75) is 13.1 Å². The Labute approximate surface area is 146 Å². The summed E-state index contributed by atoms with van der Waals surface area (Å²) < 4.78 is 23.4. The predicted molar refractivity (Wildman–Crippen MR) is 91.9 cm³/mol. The second-order valence-corrected chi connectivity index (χ2v) is 4.97. The molecule has 2 aromatic carbocycles. The van der Waals surface area contributed by atoms with Crippen molar-refractivity contribution in [1.82, 2.24) is 5.32 Å². The van der Waals surface area contributed by atoms with Crippen molar-refractivity contribution in [2.24, 2.45) is 5.73 Å². The fourth-order valence-corrected chi connectivity index (χ4v) is 2.04. The van der Waals surface area contributed by atoms with Crippen LogP contribution in [0.2, 0.25) is 0 Å². The quantitative estimate of drug-likeness (QED) is 0.763. The number of amides is 1. The highest BCUT2D eigenvalue weighted by molar-refractivity contribution is 5.85. The first-order chi connectivity index (χ1) is 11.1. The second kappa shape index (κ2) is 9.75. The molecule has 7 heteroatoms. The third-order valence-electron chi connectivity index (χ3n) is 3.17. The van der Waals surface area contributed by atoms with Crippen LogP contribution in [0.4, 0.5) is 4.39 Å². The minimum Gasteiger partial charge on any atom is -0.493 e. The van der Waals surface area contributed by atoms with E-state index in [1.54, 1.807) is 18.2 Å². The van der Waals surface area contributed by atoms with E-state index in [2.05, 4.69) is 5.32 Å². The Kier molecular flexibility index (Phi) is 8.01. The van der Waals surface area contributed by atoms with E-state index in [4.69, 9.17) is 15.2 Å². The number of hydrogen-bond donors (Lipinski definition) is 2. The highest BCUT2D eigenvalue weighted by atomic mass is 35.5. The first-order valence-corrected chi connectivity index (χ1v) is 7.11. The molecular formula is C17H20ClFN2O3. The number of primary amides is 1. The number of benzene rings is 2. The number of carbonyl (C=O) groups excluding carboxylic acids is 1. The summed E-state index contributed by atoms with van der Waals surface area (Å²) in [5, 5.41) is 3.27. The van der Waals surface area contributed by atoms with Crippen LogP contribution in [0.1, 0.15) is 11.1 Å². The fraction of sp³-hybridized carbons (Fsp3) is 0.235. The minimum absolute atomic E-state index is 0. The molecule has 0 aliphatic rings. The lowest BCUT2D eigenvalue weighted by molar-refractivity contribution is -0.119. The van der Waals surface area contributed by atoms with Crippen LogP contribution in [0, 0.1) is 5.82 Å². The average molecular weight is 355 g/mol. The number of ether oxygens (including phenoxy) is 2. The van der Waals surface area contributed by atoms with Gasteiger partial charge in [-0.25, -0.2) is 4.39 Å². The van der Waals surface area contributed by atoms with Crippen molar-refractivity contribution in [3.05, 3.63) is 59.4 Å². The number of hydrogen-bond acceptors (Lipinski definition) is 4. The maximum Gasteiger partial charge on any atom is 0.255 e. The molecular weight excluding hydrogens is 335 g/mol. The van der Waals surface area contributed by atoms with Crippen LogP contribution in [-0.4, -0.2) is 19.6 Å². The van der Waals surface area contributed by atoms with Crippen molar-refractivity contribution >= 4 is 18.3 Å². The highest BCUT2D eigenvalue weighted by Crippen LogP contribution is 2.28. The largest absolute Gasteiger partial charge is 0.493 e. The lowest BCUT2D eigenvalue weighted by Crippen LogP contribution is -2.20. The highest BCUT2D eigenvalue weighted by Gasteiger charge is 2.07. The van der Waals surface area contributed by atoms with E-state index in [1.807, 2.05) is 12.1 Å². The van der Waals surface area contributed by atoms with E-state index in [9.17, 15) is 9.18 Å². The van der Waals surface area contributed by atoms with Gasteiger partial charge in [-0.2, -0.15) is 0 Å². The van der Waals surface area contributed by atoms with Gasteiger partial charge in [-0.05, 0) is 35.4 Å². The van der Waals surface area contributed by atoms with Crippen molar-refractivity contribution < 1.29 is 18.7 Å². The van der Waals surface area contributed by atoms with Gasteiger partial charge in [-0.1, -0.05) is 18.2 Å². The molecule has 5 nitrogen and oxygen atoms in total. The molecule has 130 valence electrons. The molecule has 24 heavy (non-hydrogen) atoms. The smallest absolute Gasteiger partial charge is 0.255 e. The Bertz CT molecular complexity index is 665. The van der Waals surface area contributed by atoms with Gasteiger partial charge in [0.2, 0.25) is 0 Å². The van der Waals surface area contributed by atoms with Gasteiger partial charge in [0.1, 0.15) is 5.82 Å². The maximum atomic E-state index is 12.8. The molecule has 2 rings (SSSR count). The average Bonchev–Trinajstić information content (AvgIpc) is 2.55. The molecule has 0 heterocycles. The summed E-state index contributed by atoms with van der Waals surface area (Å²) in [5.74, 6) is 0.211. The molecule has 3 N–H and O–H groups in total. The van der Waals surface area contributed by atoms with Crippen molar-refractivity contribution in [2.75, 3.05) is 13.7 Å². The molecule has 0 radical (unpaired) electrons. The van der Waals surface area contributed by atoms with Gasteiger partial charge in [0.15, 0.2) is 18.1 Å². The number of halogens is 2. The lowest BCUT2D eigenvalue weighted by atomic mass is 10.2. The van der Waals surface area contributed by atoms with Gasteiger partial charge in [-0.3, -0.25) is 4.79 Å². The fourth-order valence-electron chi connectivity index (χ4n) is 2.04. The summed E-state index contributed by atoms with van der Waals surface area (Å²) in [5.41, 5.74) is 7.05. The molecule has 0 fully saturated rings. The maximum absolute atomic E-state index is 12.8. The number of methoxy groups -OCH3 is 1. The zero-order valence-corrected chi connectivity index (χ0v) is 14.1. The summed E-state index contributed by atoms with van der Waals surface area (Å²) >= 11 is 0. The third kappa shape index (κ3) is 6.06. The Morgan fingerprint density at radius 3 is 2.33 bits per heavy atom. The number of rotatable bonds is 8. The van der Waals surface area contributed by atoms with Crippen LogP contribution < -0.4 is 20.5 Å². The Balaban J connectivity index is 0.00000288. The molecule has 0 aliphatic carbocycles. The SMILES string of the molecule is COc1cc(CNCc2ccc(F)cc2)ccc1OCC(N)=O.Cl. The van der Waals surface area contributed by atoms with Gasteiger partial charge in [0.25, 0.3) is 5.91 Å². The molecule has 0 atom stereocenters. The van der Waals surface area contributed by atoms with Gasteiger partial charge in [-0.15, -0.1) is 12.4 Å². The molecule has 0 aromatic heterocycles. The van der Waals surface area contributed by atoms with Crippen LogP contribution in [0.15, 0.2) is 42.5 Å². The summed E-state index contributed by atoms with van der Waals surface area (Å²) in [6.45, 7) is 1.05. The summed E-state index contributed by atoms with van der Waals surface area (Å²) in [6, 6.07) is 11.8. The van der Waals surface area contributed by atoms with E-state index in [-0.39, 0.29) is 24.8 Å². The van der Waals surface area contributed by atoms with E-state index < -0.39 is 5.91 Å². The van der Waals surface area contributed by atoms with Gasteiger partial charge >= 0.3 is 0 Å². The van der Waals surface area contributed by atoms with E-state index in [1.165, 1.54) is 19.2 Å². The zero-order chi connectivity index (χ0) is 16.7. The van der Waals surface area contributed by atoms with Gasteiger partial charge in [0, 0.05) is 13.1 Å². The third-order valence-corrected chi connectivity index (χ3v) is 3.17. The normalized spacial score (nSPS) is 9.92. The first-order valence-electron chi connectivity index (χ1n) is 7.11. The second-order valence-electron chi connectivity index (χ2n) is 4.97. The lowest BCUT2D eigenvalue weighted by Gasteiger charge is -2.12. The molecule has 1 amide bonds. The van der Waals surface area contributed by atoms with E-state index in [0.29, 0.717) is 24.6 Å². The first kappa shape index (κ1) is 19.7. The topological polar surface area (TPSA) is 73.6 Å². The van der Waals surface area contributed by atoms with Crippen LogP contribution in [-0.2, 0) is 17.9 Å². The minimum atomic E-state index is -0.544. The summed E-state index contributed by atoms with van der Waals surface area (Å²) in [6.07, 6.45) is 0. The monoisotopic (exact) mass is 354 g/mol. The standard InChI is InChI=1S/C17H19FN2O3.ClH/c1-22-16-8-13(4-7-15(16)23-11-17(19)21)10-20-9-12-2-5-14(18)6-3-12;/h2-8,20H,9-11H2,1H3,(H2,19,21);1H. The van der Waals surface area contributed by atoms with Crippen molar-refractivity contribution in [3.63, 3.8) is 0 Å². The molecule has 0 bridgehead atoms. The number of carbonyl (C=O) groups is 1. The summed E-state index contributed by atoms with van der Waals surface area (Å²) in [7, 11) is 1.53. The predicted octanol–water partition coefficient (Wildman–Crippen LogP) is 2.41. The number of nitrogens with two attached hydrogens (primary N) is 1. The van der Waals surface area contributed by atoms with Crippen LogP contribution in [0.3, 0.4) is 0 Å². The van der Waals surface area contributed by atoms with Gasteiger partial charge < -0.3 is 20.5 Å². The number of nitrogens with one attached hydrogen (secondary N) is 1. The molecule has 0 spiro atoms. The van der Waals surface area contributed by atoms with Gasteiger partial charge in [0.05, 0.1) is 7.11 Å². The Morgan fingerprint density at radius 2 is 1.71 bits per heavy atom. The Hall–Kier alpha value is -2.31. The summed E-state index contributed by atoms with van der Waals surface area (Å²) in [4.78, 5) is 10.8.